The monoisotopic (exact) mass is 327 g/mol. The molecule has 1 heterocycles. The first-order chi connectivity index (χ1) is 9.10. The van der Waals surface area contributed by atoms with Crippen LogP contribution in [0.3, 0.4) is 0 Å². The maximum atomic E-state index is 9.56. The van der Waals surface area contributed by atoms with Crippen LogP contribution in [0.1, 0.15) is 31.7 Å². The van der Waals surface area contributed by atoms with E-state index in [1.54, 1.807) is 7.11 Å². The summed E-state index contributed by atoms with van der Waals surface area (Å²) in [5, 5.41) is 9.56. The highest BCUT2D eigenvalue weighted by Gasteiger charge is 2.25. The van der Waals surface area contributed by atoms with Gasteiger partial charge in [-0.1, -0.05) is 6.07 Å². The van der Waals surface area contributed by atoms with E-state index >= 15 is 0 Å². The molecule has 2 rings (SSSR count). The summed E-state index contributed by atoms with van der Waals surface area (Å²) < 4.78 is 6.25. The van der Waals surface area contributed by atoms with E-state index in [4.69, 9.17) is 4.74 Å². The molecule has 1 aliphatic rings. The average molecular weight is 328 g/mol. The Balaban J connectivity index is 2.01. The Morgan fingerprint density at radius 2 is 2.32 bits per heavy atom. The summed E-state index contributed by atoms with van der Waals surface area (Å²) in [6.45, 7) is 3.95. The van der Waals surface area contributed by atoms with Gasteiger partial charge in [0.15, 0.2) is 0 Å². The molecule has 2 atom stereocenters. The second-order valence-electron chi connectivity index (χ2n) is 5.32. The minimum Gasteiger partial charge on any atom is -0.496 e. The van der Waals surface area contributed by atoms with Gasteiger partial charge in [-0.05, 0) is 66.4 Å². The zero-order chi connectivity index (χ0) is 13.8. The predicted molar refractivity (Wildman–Crippen MR) is 80.4 cm³/mol. The lowest BCUT2D eigenvalue weighted by atomic mass is 10.1. The summed E-state index contributed by atoms with van der Waals surface area (Å²) in [7, 11) is 1.68. The SMILES string of the molecule is COc1ccc(CN2CCCC2CC(C)O)cc1Br. The summed E-state index contributed by atoms with van der Waals surface area (Å²) in [5.41, 5.74) is 1.28. The summed E-state index contributed by atoms with van der Waals surface area (Å²) in [4.78, 5) is 2.47. The molecule has 106 valence electrons. The molecule has 1 aromatic rings. The lowest BCUT2D eigenvalue weighted by Gasteiger charge is -2.25. The van der Waals surface area contributed by atoms with Gasteiger partial charge in [-0.2, -0.15) is 0 Å². The fraction of sp³-hybridized carbons (Fsp3) is 0.600. The Bertz CT molecular complexity index is 423. The highest BCUT2D eigenvalue weighted by Crippen LogP contribution is 2.28. The molecule has 1 fully saturated rings. The topological polar surface area (TPSA) is 32.7 Å². The van der Waals surface area contributed by atoms with E-state index in [0.717, 1.165) is 29.7 Å². The van der Waals surface area contributed by atoms with Crippen LogP contribution in [0.15, 0.2) is 22.7 Å². The molecular weight excluding hydrogens is 306 g/mol. The molecule has 1 saturated heterocycles. The van der Waals surface area contributed by atoms with E-state index in [-0.39, 0.29) is 6.10 Å². The van der Waals surface area contributed by atoms with Gasteiger partial charge < -0.3 is 9.84 Å². The van der Waals surface area contributed by atoms with E-state index < -0.39 is 0 Å². The van der Waals surface area contributed by atoms with E-state index in [2.05, 4.69) is 33.0 Å². The molecule has 0 spiro atoms. The van der Waals surface area contributed by atoms with Crippen molar-refractivity contribution in [3.63, 3.8) is 0 Å². The lowest BCUT2D eigenvalue weighted by molar-refractivity contribution is 0.131. The Hall–Kier alpha value is -0.580. The van der Waals surface area contributed by atoms with Gasteiger partial charge in [0.05, 0.1) is 17.7 Å². The Morgan fingerprint density at radius 1 is 1.53 bits per heavy atom. The molecule has 0 aromatic heterocycles. The zero-order valence-corrected chi connectivity index (χ0v) is 13.2. The number of benzene rings is 1. The number of hydrogen-bond donors (Lipinski definition) is 1. The van der Waals surface area contributed by atoms with Gasteiger partial charge >= 0.3 is 0 Å². The van der Waals surface area contributed by atoms with Crippen LogP contribution in [0.2, 0.25) is 0 Å². The van der Waals surface area contributed by atoms with Crippen molar-refractivity contribution in [2.45, 2.75) is 44.9 Å². The van der Waals surface area contributed by atoms with Crippen molar-refractivity contribution in [3.8, 4) is 5.75 Å². The number of aliphatic hydroxyl groups is 1. The number of nitrogens with zero attached hydrogens (tertiary/aromatic N) is 1. The fourth-order valence-corrected chi connectivity index (χ4v) is 3.39. The molecule has 3 nitrogen and oxygen atoms in total. The molecular formula is C15H22BrNO2. The molecule has 1 N–H and O–H groups in total. The highest BCUT2D eigenvalue weighted by molar-refractivity contribution is 9.10. The van der Waals surface area contributed by atoms with Gasteiger partial charge in [0.2, 0.25) is 0 Å². The number of likely N-dealkylation sites (tertiary alicyclic amines) is 1. The standard InChI is InChI=1S/C15H22BrNO2/c1-11(18)8-13-4-3-7-17(13)10-12-5-6-15(19-2)14(16)9-12/h5-6,9,11,13,18H,3-4,7-8,10H2,1-2H3. The first kappa shape index (κ1) is 14.8. The third-order valence-corrected chi connectivity index (χ3v) is 4.33. The number of methoxy groups -OCH3 is 1. The molecule has 0 amide bonds. The smallest absolute Gasteiger partial charge is 0.133 e. The zero-order valence-electron chi connectivity index (χ0n) is 11.6. The lowest BCUT2D eigenvalue weighted by Crippen LogP contribution is -2.31. The number of hydrogen-bond acceptors (Lipinski definition) is 3. The Kier molecular flexibility index (Phi) is 5.25. The number of ether oxygens (including phenoxy) is 1. The molecule has 0 saturated carbocycles. The molecule has 0 aliphatic carbocycles. The van der Waals surface area contributed by atoms with Crippen LogP contribution in [0.4, 0.5) is 0 Å². The largest absolute Gasteiger partial charge is 0.496 e. The van der Waals surface area contributed by atoms with Crippen molar-refractivity contribution in [2.75, 3.05) is 13.7 Å². The maximum Gasteiger partial charge on any atom is 0.133 e. The van der Waals surface area contributed by atoms with E-state index in [0.29, 0.717) is 6.04 Å². The second-order valence-corrected chi connectivity index (χ2v) is 6.17. The summed E-state index contributed by atoms with van der Waals surface area (Å²) in [6.07, 6.45) is 3.09. The molecule has 0 radical (unpaired) electrons. The maximum absolute atomic E-state index is 9.56. The third kappa shape index (κ3) is 3.94. The van der Waals surface area contributed by atoms with Crippen LogP contribution in [-0.2, 0) is 6.54 Å². The van der Waals surface area contributed by atoms with E-state index in [1.807, 2.05) is 13.0 Å². The summed E-state index contributed by atoms with van der Waals surface area (Å²) in [5.74, 6) is 0.866. The van der Waals surface area contributed by atoms with Gasteiger partial charge in [0.25, 0.3) is 0 Å². The minimum absolute atomic E-state index is 0.215. The van der Waals surface area contributed by atoms with Gasteiger partial charge in [0.1, 0.15) is 5.75 Å². The molecule has 1 aliphatic heterocycles. The van der Waals surface area contributed by atoms with E-state index in [9.17, 15) is 5.11 Å². The Labute approximate surface area is 123 Å². The quantitative estimate of drug-likeness (QED) is 0.901. The van der Waals surface area contributed by atoms with E-state index in [1.165, 1.54) is 18.4 Å². The van der Waals surface area contributed by atoms with Crippen LogP contribution < -0.4 is 4.74 Å². The minimum atomic E-state index is -0.215. The van der Waals surface area contributed by atoms with Gasteiger partial charge in [0, 0.05) is 12.6 Å². The van der Waals surface area contributed by atoms with Crippen LogP contribution in [0, 0.1) is 0 Å². The normalized spacial score (nSPS) is 21.6. The molecule has 19 heavy (non-hydrogen) atoms. The predicted octanol–water partition coefficient (Wildman–Crippen LogP) is 3.19. The van der Waals surface area contributed by atoms with Gasteiger partial charge in [-0.3, -0.25) is 4.90 Å². The number of halogens is 1. The van der Waals surface area contributed by atoms with Crippen LogP contribution in [0.5, 0.6) is 5.75 Å². The van der Waals surface area contributed by atoms with Crippen LogP contribution in [0.25, 0.3) is 0 Å². The molecule has 1 aromatic carbocycles. The van der Waals surface area contributed by atoms with Gasteiger partial charge in [-0.15, -0.1) is 0 Å². The van der Waals surface area contributed by atoms with Crippen molar-refractivity contribution in [3.05, 3.63) is 28.2 Å². The number of aliphatic hydroxyl groups excluding tert-OH is 1. The highest BCUT2D eigenvalue weighted by atomic mass is 79.9. The van der Waals surface area contributed by atoms with Crippen molar-refractivity contribution >= 4 is 15.9 Å². The van der Waals surface area contributed by atoms with Gasteiger partial charge in [-0.25, -0.2) is 0 Å². The van der Waals surface area contributed by atoms with Crippen molar-refractivity contribution in [1.82, 2.24) is 4.90 Å². The third-order valence-electron chi connectivity index (χ3n) is 3.71. The molecule has 0 bridgehead atoms. The van der Waals surface area contributed by atoms with Crippen molar-refractivity contribution in [1.29, 1.82) is 0 Å². The van der Waals surface area contributed by atoms with Crippen molar-refractivity contribution < 1.29 is 9.84 Å². The first-order valence-electron chi connectivity index (χ1n) is 6.84. The average Bonchev–Trinajstić information content (AvgIpc) is 2.76. The van der Waals surface area contributed by atoms with Crippen molar-refractivity contribution in [2.24, 2.45) is 0 Å². The first-order valence-corrected chi connectivity index (χ1v) is 7.64. The molecule has 2 unspecified atom stereocenters. The summed E-state index contributed by atoms with van der Waals surface area (Å²) in [6, 6.07) is 6.75. The van der Waals surface area contributed by atoms with Crippen LogP contribution in [-0.4, -0.2) is 35.8 Å². The Morgan fingerprint density at radius 3 is 2.95 bits per heavy atom. The van der Waals surface area contributed by atoms with Crippen LogP contribution >= 0.6 is 15.9 Å². The summed E-state index contributed by atoms with van der Waals surface area (Å²) >= 11 is 3.53. The fourth-order valence-electron chi connectivity index (χ4n) is 2.81. The second kappa shape index (κ2) is 6.73. The number of rotatable bonds is 5. The molecule has 4 heteroatoms.